The van der Waals surface area contributed by atoms with Crippen LogP contribution in [0.5, 0.6) is 0 Å². The molecule has 0 spiro atoms. The van der Waals surface area contributed by atoms with Gasteiger partial charge in [0.25, 0.3) is 13.4 Å². The monoisotopic (exact) mass is 1330 g/mol. The summed E-state index contributed by atoms with van der Waals surface area (Å²) in [6, 6.07) is 144. The fourth-order valence-electron chi connectivity index (χ4n) is 17.4. The van der Waals surface area contributed by atoms with Crippen LogP contribution < -0.4 is 62.4 Å². The zero-order valence-electron chi connectivity index (χ0n) is 56.7. The molecule has 0 amide bonds. The normalized spacial score (nSPS) is 12.9. The van der Waals surface area contributed by atoms with Gasteiger partial charge < -0.3 is 38.5 Å². The summed E-state index contributed by atoms with van der Waals surface area (Å²) >= 11 is 0. The van der Waals surface area contributed by atoms with Gasteiger partial charge >= 0.3 is 0 Å². The number of para-hydroxylation sites is 12. The van der Waals surface area contributed by atoms with E-state index >= 15 is 0 Å². The molecule has 0 radical (unpaired) electrons. The molecule has 104 heavy (non-hydrogen) atoms. The third-order valence-electron chi connectivity index (χ3n) is 21.5. The first-order valence-corrected chi connectivity index (χ1v) is 35.8. The van der Waals surface area contributed by atoms with E-state index in [9.17, 15) is 0 Å². The molecule has 0 unspecified atom stereocenters. The van der Waals surface area contributed by atoms with E-state index in [0.29, 0.717) is 0 Å². The SMILES string of the molecule is c1ccc(N(c2ccccc2)c2cc3c4c(c2)N(c2ccccc2)c2c(n(-c5ccccc5)c5ccccc25)B4c2cc4c(cc2N3c2ccccc2)N(c2ccccc2)c2cc(N(c3ccccc3)c3ccccc3)cc3c2B4c2c(c4ccccc4n2-c2ccccc2)N3c2ccccc2)cc1. The summed E-state index contributed by atoms with van der Waals surface area (Å²) in [7, 11) is 0. The number of nitrogens with zero attached hydrogens (tertiary/aromatic N) is 8. The predicted molar refractivity (Wildman–Crippen MR) is 438 cm³/mol. The van der Waals surface area contributed by atoms with Gasteiger partial charge in [-0.15, -0.1) is 0 Å². The van der Waals surface area contributed by atoms with Gasteiger partial charge in [-0.1, -0.05) is 224 Å². The fourth-order valence-corrected chi connectivity index (χ4v) is 17.4. The van der Waals surface area contributed by atoms with E-state index in [1.54, 1.807) is 0 Å². The second-order valence-corrected chi connectivity index (χ2v) is 27.2. The number of anilines is 18. The van der Waals surface area contributed by atoms with E-state index in [0.717, 1.165) is 136 Å². The molecule has 2 aromatic heterocycles. The Morgan fingerprint density at radius 3 is 0.760 bits per heavy atom. The molecule has 17 aromatic rings. The van der Waals surface area contributed by atoms with Crippen LogP contribution in [-0.4, -0.2) is 22.6 Å². The summed E-state index contributed by atoms with van der Waals surface area (Å²) in [6.45, 7) is -0.692. The van der Waals surface area contributed by atoms with E-state index in [1.807, 2.05) is 0 Å². The molecule has 6 heterocycles. The van der Waals surface area contributed by atoms with Crippen molar-refractivity contribution in [1.29, 1.82) is 0 Å². The van der Waals surface area contributed by atoms with Crippen LogP contribution in [0.4, 0.5) is 102 Å². The van der Waals surface area contributed by atoms with E-state index in [4.69, 9.17) is 0 Å². The topological polar surface area (TPSA) is 29.3 Å². The lowest BCUT2D eigenvalue weighted by atomic mass is 9.31. The number of benzene rings is 15. The van der Waals surface area contributed by atoms with Crippen LogP contribution in [0.3, 0.4) is 0 Å². The summed E-state index contributed by atoms with van der Waals surface area (Å²) in [6.07, 6.45) is 0. The third kappa shape index (κ3) is 9.08. The molecule has 0 saturated carbocycles. The Kier molecular flexibility index (Phi) is 13.7. The summed E-state index contributed by atoms with van der Waals surface area (Å²) in [5.74, 6) is 0. The smallest absolute Gasteiger partial charge is 0.273 e. The van der Waals surface area contributed by atoms with Crippen molar-refractivity contribution in [3.05, 3.63) is 388 Å². The second-order valence-electron chi connectivity index (χ2n) is 27.2. The largest absolute Gasteiger partial charge is 0.319 e. The molecular weight excluding hydrogens is 1260 g/mol. The molecule has 4 aliphatic heterocycles. The first kappa shape index (κ1) is 59.2. The number of rotatable bonds is 12. The number of aromatic nitrogens is 2. The Bertz CT molecular complexity index is 5680. The van der Waals surface area contributed by atoms with E-state index in [1.165, 1.54) is 33.0 Å². The molecule has 0 atom stereocenters. The minimum absolute atomic E-state index is 0.346. The van der Waals surface area contributed by atoms with Crippen molar-refractivity contribution in [3.63, 3.8) is 0 Å². The Hall–Kier alpha value is -13.7. The standard InChI is InChI=1S/C94H64B2N8/c1-11-35-65(36-12-1)97(66-37-13-2-14-38-66)75-59-85-89-87(61-75)101(71-47-23-7-24-48-71)91-77-55-31-33-57-81(77)103(73-51-27-9-28-52-73)93(91)95(89)79-63-80-84(64-83(79)99(85)69-43-19-5-20-44-69)100(70-45-21-6-22-46-70)86-60-76(98(67-39-15-3-16-40-67)68-41-17-4-18-42-68)62-88-90(86)96(80)94-92(102(88)72-49-25-8-26-50-72)78-56-32-34-58-82(78)104(94)74-53-29-10-30-54-74/h1-64H. The maximum atomic E-state index is 2.68. The van der Waals surface area contributed by atoms with Gasteiger partial charge in [-0.25, -0.2) is 0 Å². The summed E-state index contributed by atoms with van der Waals surface area (Å²) in [4.78, 5) is 15.3. The minimum Gasteiger partial charge on any atom is -0.319 e. The van der Waals surface area contributed by atoms with Gasteiger partial charge in [-0.3, -0.25) is 0 Å². The molecule has 0 aliphatic carbocycles. The summed E-state index contributed by atoms with van der Waals surface area (Å²) in [5, 5.41) is 2.33. The van der Waals surface area contributed by atoms with Crippen molar-refractivity contribution in [3.8, 4) is 11.4 Å². The van der Waals surface area contributed by atoms with Crippen LogP contribution in [0.15, 0.2) is 388 Å². The van der Waals surface area contributed by atoms with E-state index < -0.39 is 0 Å². The van der Waals surface area contributed by atoms with Crippen LogP contribution in [0, 0.1) is 0 Å². The highest BCUT2D eigenvalue weighted by Gasteiger charge is 2.52. The first-order valence-electron chi connectivity index (χ1n) is 35.8. The Morgan fingerprint density at radius 2 is 0.452 bits per heavy atom. The zero-order valence-corrected chi connectivity index (χ0v) is 56.7. The molecule has 21 rings (SSSR count). The fraction of sp³-hybridized carbons (Fsp3) is 0. The van der Waals surface area contributed by atoms with Crippen molar-refractivity contribution in [2.24, 2.45) is 0 Å². The molecule has 0 fully saturated rings. The van der Waals surface area contributed by atoms with Gasteiger partial charge in [0, 0.05) is 113 Å². The lowest BCUT2D eigenvalue weighted by Crippen LogP contribution is -2.66. The van der Waals surface area contributed by atoms with Crippen LogP contribution in [0.25, 0.3) is 33.2 Å². The van der Waals surface area contributed by atoms with Crippen LogP contribution in [-0.2, 0) is 0 Å². The average molecular weight is 1330 g/mol. The number of fused-ring (bicyclic) bond motifs is 12. The molecular formula is C94H64B2N8. The van der Waals surface area contributed by atoms with E-state index in [-0.39, 0.29) is 13.4 Å². The molecule has 10 heteroatoms. The number of hydrogen-bond acceptors (Lipinski definition) is 6. The molecule has 15 aromatic carbocycles. The zero-order chi connectivity index (χ0) is 68.3. The minimum atomic E-state index is -0.346. The molecule has 0 bridgehead atoms. The van der Waals surface area contributed by atoms with Gasteiger partial charge in [0.2, 0.25) is 0 Å². The average Bonchev–Trinajstić information content (AvgIpc) is 1.18. The van der Waals surface area contributed by atoms with Gasteiger partial charge in [0.05, 0.1) is 33.8 Å². The summed E-state index contributed by atoms with van der Waals surface area (Å²) < 4.78 is 5.18. The van der Waals surface area contributed by atoms with Crippen molar-refractivity contribution < 1.29 is 0 Å². The van der Waals surface area contributed by atoms with Crippen molar-refractivity contribution >= 4 is 171 Å². The van der Waals surface area contributed by atoms with Gasteiger partial charge in [-0.05, 0) is 186 Å². The lowest BCUT2D eigenvalue weighted by Gasteiger charge is -2.47. The highest BCUT2D eigenvalue weighted by Crippen LogP contribution is 2.54. The molecule has 8 nitrogen and oxygen atoms in total. The highest BCUT2D eigenvalue weighted by molar-refractivity contribution is 7.03. The van der Waals surface area contributed by atoms with Gasteiger partial charge in [0.15, 0.2) is 0 Å². The first-order chi connectivity index (χ1) is 51.7. The Labute approximate surface area is 605 Å². The Balaban J connectivity index is 0.950. The quantitative estimate of drug-likeness (QED) is 0.113. The maximum absolute atomic E-state index is 2.68. The van der Waals surface area contributed by atoms with Crippen LogP contribution in [0.2, 0.25) is 0 Å². The van der Waals surface area contributed by atoms with Gasteiger partial charge in [0.1, 0.15) is 0 Å². The van der Waals surface area contributed by atoms with Crippen LogP contribution >= 0.6 is 0 Å². The molecule has 0 N–H and O–H groups in total. The molecule has 486 valence electrons. The van der Waals surface area contributed by atoms with Crippen molar-refractivity contribution in [2.45, 2.75) is 0 Å². The third-order valence-corrected chi connectivity index (χ3v) is 21.5. The predicted octanol–water partition coefficient (Wildman–Crippen LogP) is 20.7. The van der Waals surface area contributed by atoms with Crippen molar-refractivity contribution in [2.75, 3.05) is 29.4 Å². The highest BCUT2D eigenvalue weighted by atomic mass is 15.3. The lowest BCUT2D eigenvalue weighted by molar-refractivity contribution is 1.15. The van der Waals surface area contributed by atoms with E-state index in [2.05, 4.69) is 427 Å². The second kappa shape index (κ2) is 24.0. The molecule has 0 saturated heterocycles. The van der Waals surface area contributed by atoms with Crippen molar-refractivity contribution in [1.82, 2.24) is 9.13 Å². The maximum Gasteiger partial charge on any atom is 0.273 e. The number of hydrogen-bond donors (Lipinski definition) is 0. The molecule has 4 aliphatic rings. The Morgan fingerprint density at radius 1 is 0.202 bits per heavy atom. The van der Waals surface area contributed by atoms with Crippen LogP contribution in [0.1, 0.15) is 0 Å². The summed E-state index contributed by atoms with van der Waals surface area (Å²) in [5.41, 5.74) is 31.1. The van der Waals surface area contributed by atoms with Gasteiger partial charge in [-0.2, -0.15) is 0 Å².